The minimum absolute atomic E-state index is 0.927. The smallest absolute Gasteiger partial charge is 0.191 e. The lowest BCUT2D eigenvalue weighted by Crippen LogP contribution is -2.37. The second-order valence-corrected chi connectivity index (χ2v) is 4.86. The molecule has 0 aliphatic carbocycles. The molecule has 0 aliphatic heterocycles. The summed E-state index contributed by atoms with van der Waals surface area (Å²) in [5.74, 6) is 0.951. The topological polar surface area (TPSA) is 39.7 Å². The van der Waals surface area contributed by atoms with E-state index in [1.54, 1.807) is 0 Å². The van der Waals surface area contributed by atoms with Crippen LogP contribution in [-0.4, -0.2) is 51.1 Å². The molecule has 0 atom stereocenters. The number of nitrogens with zero attached hydrogens (tertiary/aromatic N) is 2. The van der Waals surface area contributed by atoms with Gasteiger partial charge in [-0.2, -0.15) is 0 Å². The van der Waals surface area contributed by atoms with E-state index in [-0.39, 0.29) is 0 Å². The van der Waals surface area contributed by atoms with E-state index < -0.39 is 0 Å². The number of nitrogens with one attached hydrogen (secondary N) is 2. The molecule has 0 aromatic carbocycles. The number of aliphatic imine (C=N–C) groups is 1. The average Bonchev–Trinajstić information content (AvgIpc) is 2.32. The van der Waals surface area contributed by atoms with Crippen LogP contribution in [0, 0.1) is 0 Å². The molecule has 0 rings (SSSR count). The van der Waals surface area contributed by atoms with Crippen LogP contribution in [0.25, 0.3) is 0 Å². The lowest BCUT2D eigenvalue weighted by molar-refractivity contribution is 0.390. The molecule has 0 unspecified atom stereocenters. The fourth-order valence-electron chi connectivity index (χ4n) is 1.77. The summed E-state index contributed by atoms with van der Waals surface area (Å²) in [6.07, 6.45) is 6.48. The van der Waals surface area contributed by atoms with Crippen molar-refractivity contribution in [1.29, 1.82) is 0 Å². The predicted molar refractivity (Wildman–Crippen MR) is 81.3 cm³/mol. The van der Waals surface area contributed by atoms with Gasteiger partial charge in [0, 0.05) is 19.6 Å². The van der Waals surface area contributed by atoms with Crippen molar-refractivity contribution in [3.8, 4) is 0 Å². The van der Waals surface area contributed by atoms with Crippen molar-refractivity contribution in [2.75, 3.05) is 40.3 Å². The number of hydrogen-bond acceptors (Lipinski definition) is 2. The summed E-state index contributed by atoms with van der Waals surface area (Å²) in [5, 5.41) is 6.48. The summed E-state index contributed by atoms with van der Waals surface area (Å²) >= 11 is 0. The molecule has 0 aromatic heterocycles. The Bertz CT molecular complexity index is 194. The Morgan fingerprint density at radius 1 is 0.889 bits per heavy atom. The van der Waals surface area contributed by atoms with Gasteiger partial charge < -0.3 is 15.5 Å². The molecule has 4 heteroatoms. The van der Waals surface area contributed by atoms with Gasteiger partial charge in [-0.25, -0.2) is 0 Å². The number of guanidine groups is 1. The van der Waals surface area contributed by atoms with Crippen LogP contribution in [-0.2, 0) is 0 Å². The van der Waals surface area contributed by atoms with Gasteiger partial charge in [-0.05, 0) is 47.3 Å². The molecule has 0 aliphatic rings. The van der Waals surface area contributed by atoms with E-state index in [4.69, 9.17) is 0 Å². The van der Waals surface area contributed by atoms with Crippen LogP contribution < -0.4 is 10.6 Å². The second kappa shape index (κ2) is 12.7. The van der Waals surface area contributed by atoms with Crippen LogP contribution in [0.4, 0.5) is 0 Å². The zero-order valence-corrected chi connectivity index (χ0v) is 12.8. The van der Waals surface area contributed by atoms with Crippen molar-refractivity contribution in [2.45, 2.75) is 46.0 Å². The zero-order valence-electron chi connectivity index (χ0n) is 12.8. The van der Waals surface area contributed by atoms with Gasteiger partial charge in [-0.3, -0.25) is 4.99 Å². The van der Waals surface area contributed by atoms with Crippen LogP contribution >= 0.6 is 0 Å². The van der Waals surface area contributed by atoms with Crippen LogP contribution in [0.2, 0.25) is 0 Å². The van der Waals surface area contributed by atoms with E-state index in [1.165, 1.54) is 38.6 Å². The number of hydrogen-bond donors (Lipinski definition) is 2. The molecule has 4 nitrogen and oxygen atoms in total. The van der Waals surface area contributed by atoms with Gasteiger partial charge in [0.25, 0.3) is 0 Å². The molecule has 18 heavy (non-hydrogen) atoms. The van der Waals surface area contributed by atoms with Gasteiger partial charge in [0.1, 0.15) is 0 Å². The molecule has 0 fully saturated rings. The fraction of sp³-hybridized carbons (Fsp3) is 0.929. The number of rotatable bonds is 10. The largest absolute Gasteiger partial charge is 0.357 e. The Kier molecular flexibility index (Phi) is 12.1. The Hall–Kier alpha value is -0.770. The summed E-state index contributed by atoms with van der Waals surface area (Å²) in [7, 11) is 4.27. The quantitative estimate of drug-likeness (QED) is 0.357. The van der Waals surface area contributed by atoms with Gasteiger partial charge in [0.15, 0.2) is 5.96 Å². The molecule has 0 amide bonds. The van der Waals surface area contributed by atoms with E-state index in [0.717, 1.165) is 25.6 Å². The van der Waals surface area contributed by atoms with Gasteiger partial charge in [-0.1, -0.05) is 19.3 Å². The molecule has 0 saturated carbocycles. The standard InChI is InChI=1S/C14H32N4/c1-5-15-14(16-6-2)17-12-10-8-7-9-11-13-18(3)4/h5-13H2,1-4H3,(H2,15,16,17). The molecular weight excluding hydrogens is 224 g/mol. The first-order valence-electron chi connectivity index (χ1n) is 7.37. The maximum absolute atomic E-state index is 4.54. The van der Waals surface area contributed by atoms with Crippen LogP contribution in [0.5, 0.6) is 0 Å². The Morgan fingerprint density at radius 3 is 2.00 bits per heavy atom. The van der Waals surface area contributed by atoms with Crippen molar-refractivity contribution in [1.82, 2.24) is 15.5 Å². The van der Waals surface area contributed by atoms with Crippen molar-refractivity contribution < 1.29 is 0 Å². The molecule has 0 spiro atoms. The maximum Gasteiger partial charge on any atom is 0.191 e. The third-order valence-electron chi connectivity index (χ3n) is 2.72. The molecule has 0 bridgehead atoms. The summed E-state index contributed by atoms with van der Waals surface area (Å²) in [6.45, 7) is 8.19. The molecular formula is C14H32N4. The Balaban J connectivity index is 3.43. The predicted octanol–water partition coefficient (Wildman–Crippen LogP) is 2.07. The summed E-state index contributed by atoms with van der Waals surface area (Å²) in [6, 6.07) is 0. The third kappa shape index (κ3) is 11.7. The van der Waals surface area contributed by atoms with Gasteiger partial charge in [0.2, 0.25) is 0 Å². The molecule has 0 heterocycles. The summed E-state index contributed by atoms with van der Waals surface area (Å²) < 4.78 is 0. The number of unbranched alkanes of at least 4 members (excludes halogenated alkanes) is 4. The lowest BCUT2D eigenvalue weighted by Gasteiger charge is -2.09. The summed E-state index contributed by atoms with van der Waals surface area (Å²) in [4.78, 5) is 6.79. The third-order valence-corrected chi connectivity index (χ3v) is 2.72. The monoisotopic (exact) mass is 256 g/mol. The molecule has 2 N–H and O–H groups in total. The van der Waals surface area contributed by atoms with E-state index in [9.17, 15) is 0 Å². The normalized spacial score (nSPS) is 10.5. The second-order valence-electron chi connectivity index (χ2n) is 4.86. The molecule has 108 valence electrons. The molecule has 0 aromatic rings. The average molecular weight is 256 g/mol. The van der Waals surface area contributed by atoms with Crippen molar-refractivity contribution in [3.63, 3.8) is 0 Å². The first kappa shape index (κ1) is 17.2. The highest BCUT2D eigenvalue weighted by Gasteiger charge is 1.95. The van der Waals surface area contributed by atoms with Gasteiger partial charge >= 0.3 is 0 Å². The highest BCUT2D eigenvalue weighted by molar-refractivity contribution is 5.79. The van der Waals surface area contributed by atoms with Crippen molar-refractivity contribution in [3.05, 3.63) is 0 Å². The van der Waals surface area contributed by atoms with E-state index in [1.807, 2.05) is 0 Å². The van der Waals surface area contributed by atoms with Gasteiger partial charge in [0.05, 0.1) is 0 Å². The van der Waals surface area contributed by atoms with Crippen LogP contribution in [0.3, 0.4) is 0 Å². The van der Waals surface area contributed by atoms with E-state index in [0.29, 0.717) is 0 Å². The fourth-order valence-corrected chi connectivity index (χ4v) is 1.77. The van der Waals surface area contributed by atoms with Crippen molar-refractivity contribution in [2.24, 2.45) is 4.99 Å². The SMILES string of the molecule is CCNC(=NCCCCCCCN(C)C)NCC. The lowest BCUT2D eigenvalue weighted by atomic mass is 10.1. The first-order valence-corrected chi connectivity index (χ1v) is 7.37. The zero-order chi connectivity index (χ0) is 13.6. The van der Waals surface area contributed by atoms with Crippen molar-refractivity contribution >= 4 is 5.96 Å². The maximum atomic E-state index is 4.54. The van der Waals surface area contributed by atoms with Crippen LogP contribution in [0.15, 0.2) is 4.99 Å². The van der Waals surface area contributed by atoms with Gasteiger partial charge in [-0.15, -0.1) is 0 Å². The first-order chi connectivity index (χ1) is 8.70. The van der Waals surface area contributed by atoms with Crippen LogP contribution in [0.1, 0.15) is 46.0 Å². The van der Waals surface area contributed by atoms with E-state index in [2.05, 4.69) is 48.5 Å². The highest BCUT2D eigenvalue weighted by Crippen LogP contribution is 2.03. The Labute approximate surface area is 113 Å². The minimum Gasteiger partial charge on any atom is -0.357 e. The molecule has 0 saturated heterocycles. The van der Waals surface area contributed by atoms with E-state index >= 15 is 0 Å². The summed E-state index contributed by atoms with van der Waals surface area (Å²) in [5.41, 5.74) is 0. The minimum atomic E-state index is 0.927. The Morgan fingerprint density at radius 2 is 1.44 bits per heavy atom. The highest BCUT2D eigenvalue weighted by atomic mass is 15.2. The molecule has 0 radical (unpaired) electrons.